The maximum atomic E-state index is 13.7. The van der Waals surface area contributed by atoms with E-state index in [2.05, 4.69) is 40.0 Å². The Balaban J connectivity index is 2.44. The van der Waals surface area contributed by atoms with Gasteiger partial charge in [0.25, 0.3) is 0 Å². The van der Waals surface area contributed by atoms with Crippen LogP contribution < -0.4 is 0 Å². The maximum absolute atomic E-state index is 13.7. The zero-order valence-corrected chi connectivity index (χ0v) is 14.3. The average molecular weight is 365 g/mol. The van der Waals surface area contributed by atoms with E-state index < -0.39 is 0 Å². The Kier molecular flexibility index (Phi) is 3.50. The lowest BCUT2D eigenvalue weighted by atomic mass is 10.1. The molecule has 0 aliphatic rings. The molecule has 0 spiro atoms. The van der Waals surface area contributed by atoms with Gasteiger partial charge in [-0.05, 0) is 83.8 Å². The van der Waals surface area contributed by atoms with Crippen molar-refractivity contribution >= 4 is 39.2 Å². The molecular weight excluding hydrogens is 351 g/mol. The van der Waals surface area contributed by atoms with Crippen LogP contribution >= 0.6 is 28.1 Å². The molecule has 0 fully saturated rings. The number of H-pyrrole nitrogens is 1. The van der Waals surface area contributed by atoms with Crippen LogP contribution in [0, 0.1) is 31.4 Å². The molecular formula is C16H14BrFN2S. The third-order valence-electron chi connectivity index (χ3n) is 3.58. The molecule has 2 nitrogen and oxygen atoms in total. The quantitative estimate of drug-likeness (QED) is 0.564. The molecule has 0 bridgehead atoms. The number of aryl methyl sites for hydroxylation is 3. The zero-order chi connectivity index (χ0) is 15.3. The summed E-state index contributed by atoms with van der Waals surface area (Å²) in [6.07, 6.45) is 0. The molecule has 0 atom stereocenters. The molecule has 0 amide bonds. The number of nitrogens with zero attached hydrogens (tertiary/aromatic N) is 1. The lowest BCUT2D eigenvalue weighted by Crippen LogP contribution is -1.99. The van der Waals surface area contributed by atoms with Gasteiger partial charge < -0.3 is 4.98 Å². The van der Waals surface area contributed by atoms with Crippen LogP contribution in [0.4, 0.5) is 4.39 Å². The highest BCUT2D eigenvalue weighted by atomic mass is 79.9. The fraction of sp³-hybridized carbons (Fsp3) is 0.188. The van der Waals surface area contributed by atoms with Gasteiger partial charge in [0.2, 0.25) is 0 Å². The summed E-state index contributed by atoms with van der Waals surface area (Å²) in [5.74, 6) is -0.231. The lowest BCUT2D eigenvalue weighted by Gasteiger charge is -2.12. The molecule has 108 valence electrons. The molecule has 0 unspecified atom stereocenters. The van der Waals surface area contributed by atoms with Gasteiger partial charge in [0.15, 0.2) is 4.77 Å². The van der Waals surface area contributed by atoms with E-state index in [-0.39, 0.29) is 5.82 Å². The highest BCUT2D eigenvalue weighted by Gasteiger charge is 2.14. The Labute approximate surface area is 135 Å². The second kappa shape index (κ2) is 5.07. The normalized spacial score (nSPS) is 11.3. The van der Waals surface area contributed by atoms with Crippen molar-refractivity contribution < 1.29 is 4.39 Å². The number of aromatic nitrogens is 2. The number of rotatable bonds is 1. The van der Waals surface area contributed by atoms with Crippen molar-refractivity contribution in [3.05, 3.63) is 56.0 Å². The predicted molar refractivity (Wildman–Crippen MR) is 90.3 cm³/mol. The van der Waals surface area contributed by atoms with Crippen LogP contribution in [0.2, 0.25) is 0 Å². The van der Waals surface area contributed by atoms with Gasteiger partial charge >= 0.3 is 0 Å². The summed E-state index contributed by atoms with van der Waals surface area (Å²) in [5, 5.41) is 0. The van der Waals surface area contributed by atoms with Gasteiger partial charge in [-0.2, -0.15) is 0 Å². The van der Waals surface area contributed by atoms with E-state index in [4.69, 9.17) is 12.2 Å². The van der Waals surface area contributed by atoms with Crippen LogP contribution in [0.25, 0.3) is 16.7 Å². The van der Waals surface area contributed by atoms with Crippen molar-refractivity contribution in [2.75, 3.05) is 0 Å². The van der Waals surface area contributed by atoms with Crippen molar-refractivity contribution in [1.29, 1.82) is 0 Å². The molecule has 1 N–H and O–H groups in total. The molecule has 0 aliphatic carbocycles. The number of hydrogen-bond acceptors (Lipinski definition) is 1. The summed E-state index contributed by atoms with van der Waals surface area (Å²) in [6, 6.07) is 7.48. The van der Waals surface area contributed by atoms with Crippen molar-refractivity contribution in [2.45, 2.75) is 20.8 Å². The molecule has 0 saturated heterocycles. The van der Waals surface area contributed by atoms with E-state index in [1.807, 2.05) is 17.6 Å². The second-order valence-corrected chi connectivity index (χ2v) is 6.54. The minimum Gasteiger partial charge on any atom is -0.330 e. The van der Waals surface area contributed by atoms with E-state index >= 15 is 0 Å². The molecule has 3 aromatic rings. The van der Waals surface area contributed by atoms with Crippen LogP contribution in [0.3, 0.4) is 0 Å². The maximum Gasteiger partial charge on any atom is 0.182 e. The van der Waals surface area contributed by atoms with E-state index in [0.29, 0.717) is 15.9 Å². The van der Waals surface area contributed by atoms with E-state index in [1.54, 1.807) is 6.92 Å². The minimum absolute atomic E-state index is 0.231. The third-order valence-corrected chi connectivity index (χ3v) is 4.47. The second-order valence-electron chi connectivity index (χ2n) is 5.30. The van der Waals surface area contributed by atoms with Crippen molar-refractivity contribution in [3.63, 3.8) is 0 Å². The first-order valence-corrected chi connectivity index (χ1v) is 7.76. The van der Waals surface area contributed by atoms with Crippen LogP contribution in [0.5, 0.6) is 0 Å². The van der Waals surface area contributed by atoms with Gasteiger partial charge in [0.05, 0.1) is 16.7 Å². The zero-order valence-electron chi connectivity index (χ0n) is 11.9. The molecule has 2 aromatic carbocycles. The Hall–Kier alpha value is -1.46. The molecule has 0 saturated carbocycles. The van der Waals surface area contributed by atoms with Crippen molar-refractivity contribution in [1.82, 2.24) is 9.55 Å². The Bertz CT molecular complexity index is 901. The topological polar surface area (TPSA) is 20.7 Å². The fourth-order valence-electron chi connectivity index (χ4n) is 2.65. The van der Waals surface area contributed by atoms with Crippen molar-refractivity contribution in [3.8, 4) is 5.69 Å². The van der Waals surface area contributed by atoms with Gasteiger partial charge in [-0.15, -0.1) is 0 Å². The number of benzene rings is 2. The predicted octanol–water partition coefficient (Wildman–Crippen LogP) is 5.51. The van der Waals surface area contributed by atoms with Crippen molar-refractivity contribution in [2.24, 2.45) is 0 Å². The Morgan fingerprint density at radius 1 is 1.10 bits per heavy atom. The molecule has 0 radical (unpaired) electrons. The van der Waals surface area contributed by atoms with E-state index in [9.17, 15) is 4.39 Å². The first-order valence-electron chi connectivity index (χ1n) is 6.56. The van der Waals surface area contributed by atoms with Crippen LogP contribution in [0.1, 0.15) is 16.7 Å². The van der Waals surface area contributed by atoms with Gasteiger partial charge in [-0.3, -0.25) is 4.57 Å². The number of imidazole rings is 1. The summed E-state index contributed by atoms with van der Waals surface area (Å²) < 4.78 is 17.2. The molecule has 1 heterocycles. The molecule has 5 heteroatoms. The Morgan fingerprint density at radius 3 is 2.48 bits per heavy atom. The highest BCUT2D eigenvalue weighted by Crippen LogP contribution is 2.30. The smallest absolute Gasteiger partial charge is 0.182 e. The highest BCUT2D eigenvalue weighted by molar-refractivity contribution is 9.10. The van der Waals surface area contributed by atoms with Gasteiger partial charge in [-0.25, -0.2) is 4.39 Å². The summed E-state index contributed by atoms with van der Waals surface area (Å²) in [5.41, 5.74) is 5.47. The van der Waals surface area contributed by atoms with E-state index in [1.165, 1.54) is 11.6 Å². The molecule has 21 heavy (non-hydrogen) atoms. The Morgan fingerprint density at radius 2 is 1.81 bits per heavy atom. The largest absolute Gasteiger partial charge is 0.330 e. The van der Waals surface area contributed by atoms with Gasteiger partial charge in [0.1, 0.15) is 5.82 Å². The standard InChI is InChI=1S/C16H14BrFN2S/c1-8-4-10(3)15(11(17)5-8)20-14-6-9(2)12(18)7-13(14)19-16(20)21/h4-7H,1-3H3,(H,19,21). The molecule has 3 rings (SSSR count). The van der Waals surface area contributed by atoms with Gasteiger partial charge in [0, 0.05) is 4.47 Å². The number of halogens is 2. The average Bonchev–Trinajstić information content (AvgIpc) is 2.66. The van der Waals surface area contributed by atoms with Crippen LogP contribution in [-0.2, 0) is 0 Å². The number of nitrogens with one attached hydrogen (secondary N) is 1. The fourth-order valence-corrected chi connectivity index (χ4v) is 3.80. The monoisotopic (exact) mass is 364 g/mol. The van der Waals surface area contributed by atoms with Crippen LogP contribution in [-0.4, -0.2) is 9.55 Å². The summed E-state index contributed by atoms with van der Waals surface area (Å²) >= 11 is 9.05. The summed E-state index contributed by atoms with van der Waals surface area (Å²) in [6.45, 7) is 5.85. The van der Waals surface area contributed by atoms with Gasteiger partial charge in [-0.1, -0.05) is 6.07 Å². The van der Waals surface area contributed by atoms with E-state index in [0.717, 1.165) is 21.2 Å². The third kappa shape index (κ3) is 2.34. The SMILES string of the molecule is Cc1cc(C)c(-n2c(=S)[nH]c3cc(F)c(C)cc32)c(Br)c1. The summed E-state index contributed by atoms with van der Waals surface area (Å²) in [4.78, 5) is 3.08. The minimum atomic E-state index is -0.231. The number of hydrogen-bond donors (Lipinski definition) is 1. The number of aromatic amines is 1. The summed E-state index contributed by atoms with van der Waals surface area (Å²) in [7, 11) is 0. The first kappa shape index (κ1) is 14.5. The number of fused-ring (bicyclic) bond motifs is 1. The van der Waals surface area contributed by atoms with Crippen LogP contribution in [0.15, 0.2) is 28.7 Å². The molecule has 1 aromatic heterocycles. The lowest BCUT2D eigenvalue weighted by molar-refractivity contribution is 0.620. The first-order chi connectivity index (χ1) is 9.88. The molecule has 0 aliphatic heterocycles.